The average molecular weight is 493 g/mol. The van der Waals surface area contributed by atoms with Gasteiger partial charge in [0.2, 0.25) is 5.91 Å². The molecule has 2 aromatic heterocycles. The molecular weight excluding hydrogens is 468 g/mol. The molecule has 0 spiro atoms. The van der Waals surface area contributed by atoms with Crippen molar-refractivity contribution in [2.75, 3.05) is 20.0 Å². The van der Waals surface area contributed by atoms with E-state index in [0.29, 0.717) is 11.6 Å². The fourth-order valence-corrected chi connectivity index (χ4v) is 4.94. The minimum atomic E-state index is -0.0805. The summed E-state index contributed by atoms with van der Waals surface area (Å²) in [4.78, 5) is 17.9. The molecule has 0 saturated heterocycles. The van der Waals surface area contributed by atoms with Crippen LogP contribution in [0.1, 0.15) is 11.3 Å². The normalized spacial score (nSPS) is 10.7. The van der Waals surface area contributed by atoms with Crippen molar-refractivity contribution < 1.29 is 14.3 Å². The van der Waals surface area contributed by atoms with Gasteiger partial charge in [-0.15, -0.1) is 21.5 Å². The first-order valence-corrected chi connectivity index (χ1v) is 12.3. The molecule has 1 amide bonds. The van der Waals surface area contributed by atoms with Crippen LogP contribution < -0.4 is 14.8 Å². The first kappa shape index (κ1) is 23.7. The molecule has 0 aliphatic carbocycles. The van der Waals surface area contributed by atoms with Crippen molar-refractivity contribution in [3.63, 3.8) is 0 Å². The zero-order valence-corrected chi connectivity index (χ0v) is 20.7. The molecule has 9 heteroatoms. The van der Waals surface area contributed by atoms with E-state index in [0.717, 1.165) is 43.9 Å². The summed E-state index contributed by atoms with van der Waals surface area (Å²) in [6.07, 6.45) is 0. The minimum absolute atomic E-state index is 0.0805. The van der Waals surface area contributed by atoms with E-state index in [9.17, 15) is 4.79 Å². The highest BCUT2D eigenvalue weighted by molar-refractivity contribution is 7.99. The van der Waals surface area contributed by atoms with E-state index in [4.69, 9.17) is 14.5 Å². The number of carbonyl (C=O) groups is 1. The van der Waals surface area contributed by atoms with Crippen LogP contribution in [0.4, 0.5) is 0 Å². The Morgan fingerprint density at radius 3 is 2.65 bits per heavy atom. The van der Waals surface area contributed by atoms with Crippen LogP contribution in [0.5, 0.6) is 11.5 Å². The van der Waals surface area contributed by atoms with Crippen LogP contribution in [-0.2, 0) is 11.3 Å². The van der Waals surface area contributed by atoms with Crippen LogP contribution in [-0.4, -0.2) is 41.1 Å². The van der Waals surface area contributed by atoms with E-state index < -0.39 is 0 Å². The van der Waals surface area contributed by atoms with Crippen LogP contribution in [0.3, 0.4) is 0 Å². The molecule has 2 aromatic carbocycles. The van der Waals surface area contributed by atoms with E-state index in [-0.39, 0.29) is 11.7 Å². The third-order valence-corrected chi connectivity index (χ3v) is 7.15. The SMILES string of the molecule is COc1cccc(-c2nc(C)c(-c3ccc(SCC(=O)NCc4ccccc4OC)nn3)s2)c1. The lowest BCUT2D eigenvalue weighted by atomic mass is 10.2. The Morgan fingerprint density at radius 2 is 1.88 bits per heavy atom. The van der Waals surface area contributed by atoms with Gasteiger partial charge in [0.05, 0.1) is 30.5 Å². The van der Waals surface area contributed by atoms with Gasteiger partial charge in [-0.2, -0.15) is 0 Å². The Morgan fingerprint density at radius 1 is 1.03 bits per heavy atom. The van der Waals surface area contributed by atoms with Crippen molar-refractivity contribution in [1.29, 1.82) is 0 Å². The van der Waals surface area contributed by atoms with Gasteiger partial charge in [-0.05, 0) is 37.3 Å². The van der Waals surface area contributed by atoms with Crippen LogP contribution in [0, 0.1) is 6.92 Å². The molecule has 0 unspecified atom stereocenters. The highest BCUT2D eigenvalue weighted by Crippen LogP contribution is 2.35. The second-order valence-corrected chi connectivity index (χ2v) is 9.29. The number of aryl methyl sites for hydroxylation is 1. The number of aromatic nitrogens is 3. The van der Waals surface area contributed by atoms with Crippen molar-refractivity contribution in [1.82, 2.24) is 20.5 Å². The molecule has 4 rings (SSSR count). The molecule has 0 bridgehead atoms. The lowest BCUT2D eigenvalue weighted by Crippen LogP contribution is -2.24. The summed E-state index contributed by atoms with van der Waals surface area (Å²) in [6.45, 7) is 2.38. The first-order valence-electron chi connectivity index (χ1n) is 10.5. The van der Waals surface area contributed by atoms with Gasteiger partial charge in [-0.3, -0.25) is 4.79 Å². The van der Waals surface area contributed by atoms with Crippen molar-refractivity contribution in [3.8, 4) is 32.6 Å². The molecule has 0 aliphatic rings. The number of para-hydroxylation sites is 1. The quantitative estimate of drug-likeness (QED) is 0.329. The fraction of sp³-hybridized carbons (Fsp3) is 0.200. The zero-order valence-electron chi connectivity index (χ0n) is 19.1. The van der Waals surface area contributed by atoms with Crippen LogP contribution >= 0.6 is 23.1 Å². The van der Waals surface area contributed by atoms with Gasteiger partial charge in [-0.25, -0.2) is 4.98 Å². The van der Waals surface area contributed by atoms with Crippen molar-refractivity contribution in [3.05, 3.63) is 71.9 Å². The summed E-state index contributed by atoms with van der Waals surface area (Å²) in [5.74, 6) is 1.72. The van der Waals surface area contributed by atoms with Gasteiger partial charge in [0.1, 0.15) is 27.2 Å². The first-order chi connectivity index (χ1) is 16.6. The largest absolute Gasteiger partial charge is 0.497 e. The van der Waals surface area contributed by atoms with Gasteiger partial charge in [0.25, 0.3) is 0 Å². The predicted octanol–water partition coefficient (Wildman–Crippen LogP) is 5.00. The molecule has 7 nitrogen and oxygen atoms in total. The van der Waals surface area contributed by atoms with Gasteiger partial charge in [0, 0.05) is 17.7 Å². The second kappa shape index (κ2) is 11.1. The Kier molecular flexibility index (Phi) is 7.76. The van der Waals surface area contributed by atoms with Gasteiger partial charge in [-0.1, -0.05) is 42.1 Å². The van der Waals surface area contributed by atoms with Crippen molar-refractivity contribution in [2.24, 2.45) is 0 Å². The number of carbonyl (C=O) groups excluding carboxylic acids is 1. The zero-order chi connectivity index (χ0) is 23.9. The van der Waals surface area contributed by atoms with Gasteiger partial charge < -0.3 is 14.8 Å². The summed E-state index contributed by atoms with van der Waals surface area (Å²) >= 11 is 2.91. The number of thiazole rings is 1. The highest BCUT2D eigenvalue weighted by Gasteiger charge is 2.14. The van der Waals surface area contributed by atoms with E-state index in [2.05, 4.69) is 15.5 Å². The summed E-state index contributed by atoms with van der Waals surface area (Å²) < 4.78 is 10.6. The van der Waals surface area contributed by atoms with E-state index in [1.165, 1.54) is 11.8 Å². The fourth-order valence-electron chi connectivity index (χ4n) is 3.27. The molecular formula is C25H24N4O3S2. The highest BCUT2D eigenvalue weighted by atomic mass is 32.2. The second-order valence-electron chi connectivity index (χ2n) is 7.30. The predicted molar refractivity (Wildman–Crippen MR) is 135 cm³/mol. The maximum Gasteiger partial charge on any atom is 0.230 e. The van der Waals surface area contributed by atoms with Crippen LogP contribution in [0.25, 0.3) is 21.1 Å². The number of hydrogen-bond donors (Lipinski definition) is 1. The number of ether oxygens (including phenoxy) is 2. The van der Waals surface area contributed by atoms with E-state index in [1.54, 1.807) is 25.6 Å². The maximum atomic E-state index is 12.3. The third kappa shape index (κ3) is 5.73. The van der Waals surface area contributed by atoms with Crippen molar-refractivity contribution in [2.45, 2.75) is 18.5 Å². The lowest BCUT2D eigenvalue weighted by molar-refractivity contribution is -0.118. The number of amides is 1. The number of hydrogen-bond acceptors (Lipinski definition) is 8. The molecule has 0 radical (unpaired) electrons. The average Bonchev–Trinajstić information content (AvgIpc) is 3.28. The van der Waals surface area contributed by atoms with Crippen LogP contribution in [0.15, 0.2) is 65.7 Å². The Hall–Kier alpha value is -3.43. The maximum absolute atomic E-state index is 12.3. The number of nitrogens with one attached hydrogen (secondary N) is 1. The van der Waals surface area contributed by atoms with E-state index >= 15 is 0 Å². The number of benzene rings is 2. The Bertz CT molecular complexity index is 1280. The summed E-state index contributed by atoms with van der Waals surface area (Å²) in [5, 5.41) is 13.2. The number of rotatable bonds is 9. The molecule has 0 aliphatic heterocycles. The lowest BCUT2D eigenvalue weighted by Gasteiger charge is -2.09. The minimum Gasteiger partial charge on any atom is -0.497 e. The standard InChI is InChI=1S/C25H24N4O3S2/c1-16-24(34-25(27-16)17-8-6-9-19(13-17)31-2)20-11-12-23(29-28-20)33-15-22(30)26-14-18-7-4-5-10-21(18)32-3/h4-13H,14-15H2,1-3H3,(H,26,30). The smallest absolute Gasteiger partial charge is 0.230 e. The molecule has 174 valence electrons. The number of nitrogens with zero attached hydrogens (tertiary/aromatic N) is 3. The number of thioether (sulfide) groups is 1. The molecule has 0 fully saturated rings. The van der Waals surface area contributed by atoms with Crippen molar-refractivity contribution >= 4 is 29.0 Å². The Labute approximate surface area is 206 Å². The number of methoxy groups -OCH3 is 2. The molecule has 34 heavy (non-hydrogen) atoms. The van der Waals surface area contributed by atoms with Gasteiger partial charge >= 0.3 is 0 Å². The third-order valence-electron chi connectivity index (χ3n) is 5.01. The Balaban J connectivity index is 1.36. The summed E-state index contributed by atoms with van der Waals surface area (Å²) in [7, 11) is 3.27. The molecule has 1 N–H and O–H groups in total. The summed E-state index contributed by atoms with van der Waals surface area (Å²) in [6, 6.07) is 19.2. The molecule has 2 heterocycles. The topological polar surface area (TPSA) is 86.2 Å². The molecule has 4 aromatic rings. The van der Waals surface area contributed by atoms with Crippen LogP contribution in [0.2, 0.25) is 0 Å². The van der Waals surface area contributed by atoms with Gasteiger partial charge in [0.15, 0.2) is 0 Å². The molecule has 0 saturated carbocycles. The summed E-state index contributed by atoms with van der Waals surface area (Å²) in [5.41, 5.74) is 3.58. The molecule has 0 atom stereocenters. The monoisotopic (exact) mass is 492 g/mol. The van der Waals surface area contributed by atoms with E-state index in [1.807, 2.05) is 67.6 Å².